The van der Waals surface area contributed by atoms with Gasteiger partial charge in [0, 0.05) is 24.2 Å². The highest BCUT2D eigenvalue weighted by Gasteiger charge is 2.31. The molecule has 0 bridgehead atoms. The number of aryl methyl sites for hydroxylation is 1. The van der Waals surface area contributed by atoms with E-state index in [4.69, 9.17) is 4.74 Å². The summed E-state index contributed by atoms with van der Waals surface area (Å²) in [5.74, 6) is 1.09. The first kappa shape index (κ1) is 19.5. The van der Waals surface area contributed by atoms with Gasteiger partial charge in [0.15, 0.2) is 0 Å². The zero-order valence-electron chi connectivity index (χ0n) is 17.5. The first-order valence-corrected chi connectivity index (χ1v) is 10.1. The number of nitrogens with one attached hydrogen (secondary N) is 1. The van der Waals surface area contributed by atoms with Gasteiger partial charge in [-0.1, -0.05) is 30.3 Å². The topological polar surface area (TPSA) is 106 Å². The molecule has 0 fully saturated rings. The Balaban J connectivity index is 1.46. The summed E-state index contributed by atoms with van der Waals surface area (Å²) in [6.45, 7) is 1.94. The van der Waals surface area contributed by atoms with E-state index in [-0.39, 0.29) is 6.04 Å². The first-order valence-electron chi connectivity index (χ1n) is 10.1. The number of nitrogens with zero attached hydrogens (tertiary/aromatic N) is 7. The van der Waals surface area contributed by atoms with E-state index in [1.807, 2.05) is 66.2 Å². The van der Waals surface area contributed by atoms with E-state index in [1.165, 1.54) is 0 Å². The van der Waals surface area contributed by atoms with Gasteiger partial charge in [0.25, 0.3) is 0 Å². The Morgan fingerprint density at radius 2 is 2.00 bits per heavy atom. The van der Waals surface area contributed by atoms with Crippen molar-refractivity contribution < 1.29 is 4.74 Å². The van der Waals surface area contributed by atoms with Gasteiger partial charge in [0.1, 0.15) is 17.7 Å². The molecule has 1 N–H and O–H groups in total. The van der Waals surface area contributed by atoms with Crippen LogP contribution in [0.3, 0.4) is 0 Å². The largest absolute Gasteiger partial charge is 0.494 e. The van der Waals surface area contributed by atoms with Crippen molar-refractivity contribution in [3.8, 4) is 17.5 Å². The number of methoxy groups -OCH3 is 1. The van der Waals surface area contributed by atoms with E-state index >= 15 is 0 Å². The number of benzene rings is 2. The van der Waals surface area contributed by atoms with Crippen LogP contribution in [-0.4, -0.2) is 37.6 Å². The van der Waals surface area contributed by atoms with Crippen molar-refractivity contribution in [1.82, 2.24) is 24.3 Å². The SMILES string of the molecule is COc1cc(Nc2nc3n(n2)C(c2ccccc2)C(C#N)C=N3)ccc1-n1cnc(C)c1. The third kappa shape index (κ3) is 3.48. The van der Waals surface area contributed by atoms with Crippen LogP contribution < -0.4 is 10.1 Å². The molecule has 4 aromatic rings. The Hall–Kier alpha value is -4.45. The summed E-state index contributed by atoms with van der Waals surface area (Å²) < 4.78 is 9.19. The average molecular weight is 424 g/mol. The van der Waals surface area contributed by atoms with E-state index in [1.54, 1.807) is 24.3 Å². The molecule has 5 rings (SSSR count). The Morgan fingerprint density at radius 1 is 1.16 bits per heavy atom. The smallest absolute Gasteiger partial charge is 0.250 e. The minimum atomic E-state index is -0.433. The fourth-order valence-electron chi connectivity index (χ4n) is 3.78. The van der Waals surface area contributed by atoms with Crippen LogP contribution >= 0.6 is 0 Å². The lowest BCUT2D eigenvalue weighted by Crippen LogP contribution is -2.24. The van der Waals surface area contributed by atoms with Crippen molar-refractivity contribution in [3.63, 3.8) is 0 Å². The molecule has 158 valence electrons. The molecule has 2 unspecified atom stereocenters. The Labute approximate surface area is 184 Å². The molecule has 3 heterocycles. The molecule has 0 amide bonds. The molecule has 32 heavy (non-hydrogen) atoms. The maximum absolute atomic E-state index is 9.63. The standard InChI is InChI=1S/C23H20N8O/c1-15-13-30(14-26-15)19-9-8-18(10-20(19)32-2)27-22-28-23-25-12-17(11-24)21(31(23)29-22)16-6-4-3-5-7-16/h3-10,12-14,17,21H,1-2H3,(H,27,29). The fraction of sp³-hybridized carbons (Fsp3) is 0.174. The van der Waals surface area contributed by atoms with Gasteiger partial charge in [-0.05, 0) is 24.6 Å². The van der Waals surface area contributed by atoms with Crippen LogP contribution in [0.15, 0.2) is 66.0 Å². The maximum atomic E-state index is 9.63. The Morgan fingerprint density at radius 3 is 2.72 bits per heavy atom. The van der Waals surface area contributed by atoms with E-state index in [2.05, 4.69) is 31.4 Å². The summed E-state index contributed by atoms with van der Waals surface area (Å²) in [4.78, 5) is 13.1. The summed E-state index contributed by atoms with van der Waals surface area (Å²) in [7, 11) is 1.63. The van der Waals surface area contributed by atoms with Crippen LogP contribution in [0.4, 0.5) is 17.6 Å². The molecular weight excluding hydrogens is 404 g/mol. The van der Waals surface area contributed by atoms with Gasteiger partial charge in [-0.3, -0.25) is 0 Å². The highest BCUT2D eigenvalue weighted by molar-refractivity contribution is 5.71. The predicted octanol–water partition coefficient (Wildman–Crippen LogP) is 3.97. The quantitative estimate of drug-likeness (QED) is 0.520. The van der Waals surface area contributed by atoms with Crippen LogP contribution in [0.2, 0.25) is 0 Å². The number of aliphatic imine (C=N–C) groups is 1. The third-order valence-electron chi connectivity index (χ3n) is 5.28. The Bertz CT molecular complexity index is 1330. The van der Waals surface area contributed by atoms with Crippen LogP contribution in [0.25, 0.3) is 5.69 Å². The van der Waals surface area contributed by atoms with E-state index in [9.17, 15) is 5.26 Å². The molecule has 9 nitrogen and oxygen atoms in total. The van der Waals surface area contributed by atoms with Gasteiger partial charge in [0.05, 0.1) is 30.9 Å². The van der Waals surface area contributed by atoms with Gasteiger partial charge in [0.2, 0.25) is 11.9 Å². The second-order valence-electron chi connectivity index (χ2n) is 7.40. The zero-order chi connectivity index (χ0) is 22.1. The van der Waals surface area contributed by atoms with Crippen molar-refractivity contribution in [3.05, 3.63) is 72.3 Å². The third-order valence-corrected chi connectivity index (χ3v) is 5.28. The Kier molecular flexibility index (Phi) is 4.88. The number of aromatic nitrogens is 5. The lowest BCUT2D eigenvalue weighted by molar-refractivity contribution is 0.413. The molecule has 2 atom stereocenters. The normalized spacial score (nSPS) is 16.9. The molecule has 0 saturated heterocycles. The predicted molar refractivity (Wildman–Crippen MR) is 120 cm³/mol. The molecule has 0 aliphatic carbocycles. The van der Waals surface area contributed by atoms with Gasteiger partial charge < -0.3 is 14.6 Å². The molecular formula is C23H20N8O. The first-order chi connectivity index (χ1) is 15.7. The number of hydrogen-bond acceptors (Lipinski definition) is 7. The van der Waals surface area contributed by atoms with Crippen LogP contribution in [-0.2, 0) is 0 Å². The molecule has 0 saturated carbocycles. The van der Waals surface area contributed by atoms with Gasteiger partial charge in [-0.15, -0.1) is 5.10 Å². The fourth-order valence-corrected chi connectivity index (χ4v) is 3.78. The van der Waals surface area contributed by atoms with Gasteiger partial charge >= 0.3 is 0 Å². The number of ether oxygens (including phenoxy) is 1. The number of imidazole rings is 1. The molecule has 1 aliphatic heterocycles. The number of rotatable bonds is 5. The van der Waals surface area contributed by atoms with Crippen LogP contribution in [0, 0.1) is 24.2 Å². The van der Waals surface area contributed by atoms with Crippen LogP contribution in [0.5, 0.6) is 5.75 Å². The van der Waals surface area contributed by atoms with Gasteiger partial charge in [-0.25, -0.2) is 14.7 Å². The number of fused-ring (bicyclic) bond motifs is 1. The lowest BCUT2D eigenvalue weighted by Gasteiger charge is -2.23. The summed E-state index contributed by atoms with van der Waals surface area (Å²) in [5, 5.41) is 17.5. The molecule has 0 spiro atoms. The van der Waals surface area contributed by atoms with Crippen molar-refractivity contribution in [2.45, 2.75) is 13.0 Å². The van der Waals surface area contributed by atoms with Crippen molar-refractivity contribution >= 4 is 23.8 Å². The lowest BCUT2D eigenvalue weighted by atomic mass is 9.94. The van der Waals surface area contributed by atoms with E-state index in [0.717, 1.165) is 22.6 Å². The van der Waals surface area contributed by atoms with E-state index in [0.29, 0.717) is 17.6 Å². The summed E-state index contributed by atoms with van der Waals surface area (Å²) in [6, 6.07) is 17.5. The van der Waals surface area contributed by atoms with Crippen molar-refractivity contribution in [2.24, 2.45) is 10.9 Å². The molecule has 2 aromatic carbocycles. The highest BCUT2D eigenvalue weighted by atomic mass is 16.5. The maximum Gasteiger partial charge on any atom is 0.250 e. The molecule has 1 aliphatic rings. The monoisotopic (exact) mass is 424 g/mol. The van der Waals surface area contributed by atoms with Crippen LogP contribution in [0.1, 0.15) is 17.3 Å². The average Bonchev–Trinajstić information content (AvgIpc) is 3.44. The van der Waals surface area contributed by atoms with E-state index < -0.39 is 5.92 Å². The highest BCUT2D eigenvalue weighted by Crippen LogP contribution is 2.34. The number of hydrogen-bond donors (Lipinski definition) is 1. The summed E-state index contributed by atoms with van der Waals surface area (Å²) in [5.41, 5.74) is 3.54. The molecule has 2 aromatic heterocycles. The minimum Gasteiger partial charge on any atom is -0.494 e. The minimum absolute atomic E-state index is 0.293. The second-order valence-corrected chi connectivity index (χ2v) is 7.40. The van der Waals surface area contributed by atoms with Crippen molar-refractivity contribution in [1.29, 1.82) is 5.26 Å². The second kappa shape index (κ2) is 8.00. The number of nitriles is 1. The molecule has 9 heteroatoms. The zero-order valence-corrected chi connectivity index (χ0v) is 17.5. The number of anilines is 2. The summed E-state index contributed by atoms with van der Waals surface area (Å²) in [6.07, 6.45) is 5.32. The summed E-state index contributed by atoms with van der Waals surface area (Å²) >= 11 is 0. The van der Waals surface area contributed by atoms with Crippen molar-refractivity contribution in [2.75, 3.05) is 12.4 Å². The van der Waals surface area contributed by atoms with Gasteiger partial charge in [-0.2, -0.15) is 10.2 Å². The molecule has 0 radical (unpaired) electrons.